The molecule has 3 rings (SSSR count). The average molecular weight is 249 g/mol. The molecule has 0 saturated carbocycles. The molecule has 1 unspecified atom stereocenters. The summed E-state index contributed by atoms with van der Waals surface area (Å²) in [5, 5.41) is 3.46. The molecular weight excluding hydrogens is 230 g/mol. The highest BCUT2D eigenvalue weighted by Crippen LogP contribution is 2.32. The zero-order valence-electron chi connectivity index (χ0n) is 10.7. The molecule has 1 amide bonds. The maximum Gasteiger partial charge on any atom is 0.224 e. The number of carbonyl (C=O) groups is 1. The van der Waals surface area contributed by atoms with Crippen LogP contribution in [0.15, 0.2) is 16.9 Å². The predicted octanol–water partition coefficient (Wildman–Crippen LogP) is 1.52. The molecule has 1 aromatic rings. The highest BCUT2D eigenvalue weighted by Gasteiger charge is 2.29. The minimum atomic E-state index is 0.0746. The van der Waals surface area contributed by atoms with Gasteiger partial charge in [-0.3, -0.25) is 4.79 Å². The molecule has 2 aliphatic heterocycles. The van der Waals surface area contributed by atoms with E-state index >= 15 is 0 Å². The van der Waals surface area contributed by atoms with Crippen LogP contribution in [0.2, 0.25) is 0 Å². The van der Waals surface area contributed by atoms with Gasteiger partial charge in [0, 0.05) is 20.0 Å². The first-order chi connectivity index (χ1) is 8.74. The van der Waals surface area contributed by atoms with Crippen molar-refractivity contribution in [2.75, 3.05) is 36.4 Å². The summed E-state index contributed by atoms with van der Waals surface area (Å²) in [4.78, 5) is 15.9. The highest BCUT2D eigenvalue weighted by molar-refractivity contribution is 5.96. The van der Waals surface area contributed by atoms with Crippen LogP contribution in [0.3, 0.4) is 0 Å². The smallest absolute Gasteiger partial charge is 0.224 e. The van der Waals surface area contributed by atoms with Crippen molar-refractivity contribution in [1.82, 2.24) is 4.90 Å². The molecular formula is C13H19N3O2. The van der Waals surface area contributed by atoms with Crippen molar-refractivity contribution in [2.45, 2.75) is 25.8 Å². The Morgan fingerprint density at radius 2 is 2.22 bits per heavy atom. The molecule has 0 aliphatic carbocycles. The zero-order valence-corrected chi connectivity index (χ0v) is 10.7. The van der Waals surface area contributed by atoms with Crippen LogP contribution in [0.1, 0.15) is 19.8 Å². The Morgan fingerprint density at radius 1 is 1.44 bits per heavy atom. The number of hydrogen-bond donors (Lipinski definition) is 1. The van der Waals surface area contributed by atoms with Gasteiger partial charge in [-0.2, -0.15) is 0 Å². The van der Waals surface area contributed by atoms with Crippen molar-refractivity contribution >= 4 is 17.3 Å². The number of rotatable bonds is 2. The Labute approximate surface area is 107 Å². The number of anilines is 2. The molecule has 1 atom stereocenters. The molecule has 98 valence electrons. The van der Waals surface area contributed by atoms with Crippen LogP contribution in [0.25, 0.3) is 0 Å². The summed E-state index contributed by atoms with van der Waals surface area (Å²) in [7, 11) is 0. The summed E-state index contributed by atoms with van der Waals surface area (Å²) in [6, 6.07) is 0.289. The molecule has 1 aromatic heterocycles. The van der Waals surface area contributed by atoms with Crippen molar-refractivity contribution < 1.29 is 9.21 Å². The molecule has 2 aliphatic rings. The van der Waals surface area contributed by atoms with Gasteiger partial charge in [0.2, 0.25) is 5.91 Å². The second-order valence-corrected chi connectivity index (χ2v) is 5.15. The molecule has 0 radical (unpaired) electrons. The molecule has 0 spiro atoms. The van der Waals surface area contributed by atoms with Gasteiger partial charge in [-0.15, -0.1) is 0 Å². The fourth-order valence-electron chi connectivity index (χ4n) is 2.87. The largest absolute Gasteiger partial charge is 0.468 e. The topological polar surface area (TPSA) is 48.7 Å². The molecule has 0 aromatic carbocycles. The van der Waals surface area contributed by atoms with E-state index in [2.05, 4.69) is 10.2 Å². The SMILES string of the molecule is CC(=O)N1CC(CN2CCCC2)Nc2cocc21. The quantitative estimate of drug-likeness (QED) is 0.863. The molecule has 18 heavy (non-hydrogen) atoms. The van der Waals surface area contributed by atoms with E-state index in [9.17, 15) is 4.79 Å². The summed E-state index contributed by atoms with van der Waals surface area (Å²) in [6.45, 7) is 5.68. The molecule has 5 heteroatoms. The minimum absolute atomic E-state index is 0.0746. The second-order valence-electron chi connectivity index (χ2n) is 5.15. The summed E-state index contributed by atoms with van der Waals surface area (Å²) in [6.07, 6.45) is 5.90. The molecule has 1 fully saturated rings. The van der Waals surface area contributed by atoms with Gasteiger partial charge in [-0.1, -0.05) is 0 Å². The Morgan fingerprint density at radius 3 is 2.94 bits per heavy atom. The van der Waals surface area contributed by atoms with Gasteiger partial charge >= 0.3 is 0 Å². The Bertz CT molecular complexity index is 437. The Hall–Kier alpha value is -1.49. The van der Waals surface area contributed by atoms with Gasteiger partial charge in [0.1, 0.15) is 18.2 Å². The van der Waals surface area contributed by atoms with Crippen LogP contribution in [0.5, 0.6) is 0 Å². The van der Waals surface area contributed by atoms with Crippen molar-refractivity contribution in [1.29, 1.82) is 0 Å². The fraction of sp³-hybridized carbons (Fsp3) is 0.615. The van der Waals surface area contributed by atoms with Gasteiger partial charge < -0.3 is 19.5 Å². The number of hydrogen-bond acceptors (Lipinski definition) is 4. The third-order valence-electron chi connectivity index (χ3n) is 3.75. The maximum absolute atomic E-state index is 11.7. The first kappa shape index (κ1) is 11.6. The van der Waals surface area contributed by atoms with Gasteiger partial charge in [-0.05, 0) is 25.9 Å². The molecule has 1 N–H and O–H groups in total. The van der Waals surface area contributed by atoms with E-state index < -0.39 is 0 Å². The standard InChI is InChI=1S/C13H19N3O2/c1-10(17)16-7-11(6-15-4-2-3-5-15)14-12-8-18-9-13(12)16/h8-9,11,14H,2-7H2,1H3. The normalized spacial score (nSPS) is 23.8. The van der Waals surface area contributed by atoms with Crippen molar-refractivity contribution in [3.63, 3.8) is 0 Å². The molecule has 5 nitrogen and oxygen atoms in total. The van der Waals surface area contributed by atoms with Gasteiger partial charge in [0.15, 0.2) is 0 Å². The summed E-state index contributed by atoms with van der Waals surface area (Å²) in [5.41, 5.74) is 1.79. The lowest BCUT2D eigenvalue weighted by molar-refractivity contribution is -0.116. The van der Waals surface area contributed by atoms with E-state index in [1.807, 2.05) is 0 Å². The molecule has 0 bridgehead atoms. The zero-order chi connectivity index (χ0) is 12.5. The maximum atomic E-state index is 11.7. The number of nitrogens with zero attached hydrogens (tertiary/aromatic N) is 2. The van der Waals surface area contributed by atoms with Gasteiger partial charge in [0.05, 0.1) is 11.7 Å². The van der Waals surface area contributed by atoms with Gasteiger partial charge in [0.25, 0.3) is 0 Å². The van der Waals surface area contributed by atoms with E-state index in [0.717, 1.165) is 24.5 Å². The van der Waals surface area contributed by atoms with E-state index in [4.69, 9.17) is 4.42 Å². The monoisotopic (exact) mass is 249 g/mol. The Kier molecular flexibility index (Phi) is 2.99. The van der Waals surface area contributed by atoms with Crippen molar-refractivity contribution in [2.24, 2.45) is 0 Å². The summed E-state index contributed by atoms with van der Waals surface area (Å²) < 4.78 is 5.20. The molecule has 1 saturated heterocycles. The van der Waals surface area contributed by atoms with E-state index in [0.29, 0.717) is 0 Å². The van der Waals surface area contributed by atoms with E-state index in [1.54, 1.807) is 24.3 Å². The number of amides is 1. The first-order valence-electron chi connectivity index (χ1n) is 6.57. The number of furan rings is 1. The first-order valence-corrected chi connectivity index (χ1v) is 6.57. The van der Waals surface area contributed by atoms with Crippen molar-refractivity contribution in [3.8, 4) is 0 Å². The fourth-order valence-corrected chi connectivity index (χ4v) is 2.87. The lowest BCUT2D eigenvalue weighted by Gasteiger charge is -2.34. The Balaban J connectivity index is 1.73. The predicted molar refractivity (Wildman–Crippen MR) is 69.8 cm³/mol. The lowest BCUT2D eigenvalue weighted by Crippen LogP contribution is -2.48. The van der Waals surface area contributed by atoms with E-state index in [-0.39, 0.29) is 11.9 Å². The summed E-state index contributed by atoms with van der Waals surface area (Å²) >= 11 is 0. The summed E-state index contributed by atoms with van der Waals surface area (Å²) in [5.74, 6) is 0.0746. The van der Waals surface area contributed by atoms with Crippen LogP contribution in [-0.4, -0.2) is 43.0 Å². The van der Waals surface area contributed by atoms with Crippen LogP contribution < -0.4 is 10.2 Å². The van der Waals surface area contributed by atoms with Crippen LogP contribution in [-0.2, 0) is 4.79 Å². The van der Waals surface area contributed by atoms with Crippen molar-refractivity contribution in [3.05, 3.63) is 12.5 Å². The third-order valence-corrected chi connectivity index (χ3v) is 3.75. The second kappa shape index (κ2) is 4.65. The number of nitrogens with one attached hydrogen (secondary N) is 1. The molecule has 3 heterocycles. The minimum Gasteiger partial charge on any atom is -0.468 e. The van der Waals surface area contributed by atoms with Crippen LogP contribution in [0.4, 0.5) is 11.4 Å². The number of carbonyl (C=O) groups excluding carboxylic acids is 1. The third kappa shape index (κ3) is 2.10. The van der Waals surface area contributed by atoms with Crippen LogP contribution >= 0.6 is 0 Å². The highest BCUT2D eigenvalue weighted by atomic mass is 16.3. The average Bonchev–Trinajstić information content (AvgIpc) is 2.98. The number of fused-ring (bicyclic) bond motifs is 1. The number of likely N-dealkylation sites (tertiary alicyclic amines) is 1. The lowest BCUT2D eigenvalue weighted by atomic mass is 10.1. The van der Waals surface area contributed by atoms with Crippen LogP contribution in [0, 0.1) is 0 Å². The van der Waals surface area contributed by atoms with Gasteiger partial charge in [-0.25, -0.2) is 0 Å². The van der Waals surface area contributed by atoms with E-state index in [1.165, 1.54) is 25.9 Å².